The predicted octanol–water partition coefficient (Wildman–Crippen LogP) is 15.1. The van der Waals surface area contributed by atoms with Gasteiger partial charge in [0, 0.05) is 12.2 Å². The molecule has 0 saturated carbocycles. The van der Waals surface area contributed by atoms with E-state index in [4.69, 9.17) is 10.3 Å². The van der Waals surface area contributed by atoms with E-state index in [-0.39, 0.29) is 5.41 Å². The first-order chi connectivity index (χ1) is 25.3. The van der Waals surface area contributed by atoms with Gasteiger partial charge >= 0.3 is 0 Å². The van der Waals surface area contributed by atoms with Crippen LogP contribution in [0.25, 0.3) is 0 Å². The average molecular weight is 721 g/mol. The maximum Gasteiger partial charge on any atom is 0.0832 e. The lowest BCUT2D eigenvalue weighted by molar-refractivity contribution is 0.207. The van der Waals surface area contributed by atoms with Gasteiger partial charge in [0.05, 0.1) is 11.7 Å². The Bertz CT molecular complexity index is 981. The van der Waals surface area contributed by atoms with Crippen LogP contribution in [0.3, 0.4) is 0 Å². The molecule has 4 heteroatoms. The molecule has 0 aliphatic rings. The van der Waals surface area contributed by atoms with Gasteiger partial charge in [-0.2, -0.15) is 0 Å². The van der Waals surface area contributed by atoms with Crippen molar-refractivity contribution in [2.45, 2.75) is 226 Å². The van der Waals surface area contributed by atoms with Gasteiger partial charge in [-0.1, -0.05) is 171 Å². The first-order valence-corrected chi connectivity index (χ1v) is 22.5. The van der Waals surface area contributed by atoms with Crippen LogP contribution >= 0.6 is 0 Å². The van der Waals surface area contributed by atoms with E-state index in [0.717, 1.165) is 31.4 Å². The molecule has 300 valence electrons. The number of aromatic nitrogens is 3. The molecule has 0 N–H and O–H groups in total. The Morgan fingerprint density at radius 3 is 1.42 bits per heavy atom. The van der Waals surface area contributed by atoms with Crippen LogP contribution in [0.15, 0.2) is 54.8 Å². The summed E-state index contributed by atoms with van der Waals surface area (Å²) in [6.45, 7) is 11.6. The third-order valence-electron chi connectivity index (χ3n) is 10.8. The number of hydrogen-bond acceptors (Lipinski definition) is 3. The van der Waals surface area contributed by atoms with E-state index in [2.05, 4.69) is 113 Å². The van der Waals surface area contributed by atoms with Crippen molar-refractivity contribution < 1.29 is 0 Å². The SMILES string of the molecule is CCCCC/C=C\C/C=C\CCCCCCCCC(CCCCCCCC/C=C\C/C=C\CCCCC)n1cc(CC(C)(C)CC(C)N(C)C)nn1. The van der Waals surface area contributed by atoms with Crippen LogP contribution in [0.1, 0.15) is 220 Å². The molecule has 0 bridgehead atoms. The van der Waals surface area contributed by atoms with Crippen LogP contribution in [-0.2, 0) is 6.42 Å². The fraction of sp³-hybridized carbons (Fsp3) is 0.792. The Kier molecular flexibility index (Phi) is 31.1. The van der Waals surface area contributed by atoms with Gasteiger partial charge < -0.3 is 4.90 Å². The molecule has 1 unspecified atom stereocenters. The number of nitrogens with zero attached hydrogens (tertiary/aromatic N) is 4. The summed E-state index contributed by atoms with van der Waals surface area (Å²) in [6.07, 6.45) is 57.1. The predicted molar refractivity (Wildman–Crippen MR) is 232 cm³/mol. The molecule has 0 radical (unpaired) electrons. The van der Waals surface area contributed by atoms with Crippen LogP contribution in [0.5, 0.6) is 0 Å². The van der Waals surface area contributed by atoms with Crippen LogP contribution < -0.4 is 0 Å². The highest BCUT2D eigenvalue weighted by Gasteiger charge is 2.24. The first-order valence-electron chi connectivity index (χ1n) is 22.5. The van der Waals surface area contributed by atoms with Gasteiger partial charge in [0.2, 0.25) is 0 Å². The van der Waals surface area contributed by atoms with Crippen LogP contribution in [0.2, 0.25) is 0 Å². The summed E-state index contributed by atoms with van der Waals surface area (Å²) in [5, 5.41) is 9.44. The summed E-state index contributed by atoms with van der Waals surface area (Å²) in [6, 6.07) is 1.05. The van der Waals surface area contributed by atoms with E-state index >= 15 is 0 Å². The van der Waals surface area contributed by atoms with Gasteiger partial charge in [-0.05, 0) is 116 Å². The van der Waals surface area contributed by atoms with Crippen molar-refractivity contribution >= 4 is 0 Å². The summed E-state index contributed by atoms with van der Waals surface area (Å²) in [5.74, 6) is 0. The Balaban J connectivity index is 2.40. The maximum absolute atomic E-state index is 4.73. The molecule has 0 spiro atoms. The fourth-order valence-corrected chi connectivity index (χ4v) is 7.26. The van der Waals surface area contributed by atoms with Gasteiger partial charge in [0.1, 0.15) is 0 Å². The number of rotatable bonds is 36. The van der Waals surface area contributed by atoms with Gasteiger partial charge in [-0.25, -0.2) is 4.68 Å². The van der Waals surface area contributed by atoms with Gasteiger partial charge in [-0.3, -0.25) is 0 Å². The molecule has 0 aromatic carbocycles. The molecule has 0 amide bonds. The quantitative estimate of drug-likeness (QED) is 0.0511. The topological polar surface area (TPSA) is 34.0 Å². The van der Waals surface area contributed by atoms with E-state index in [0.29, 0.717) is 12.1 Å². The molecule has 1 atom stereocenters. The maximum atomic E-state index is 4.73. The number of hydrogen-bond donors (Lipinski definition) is 0. The standard InChI is InChI=1S/C48H88N4/c1-8-10-12-14-16-18-20-22-24-26-28-30-32-34-36-38-40-47(52-44-46(49-50-52)43-48(4,5)42-45(3)51(6)7)41-39-37-35-33-31-29-27-25-23-21-19-17-15-13-11-9-2/h16-19,22-25,44-45,47H,8-15,20-21,26-43H2,1-7H3/b18-16-,19-17-,24-22-,25-23-. The molecule has 1 aromatic heterocycles. The normalized spacial score (nSPS) is 13.5. The molecule has 0 fully saturated rings. The molecule has 1 aromatic rings. The molecular weight excluding hydrogens is 633 g/mol. The van der Waals surface area contributed by atoms with Crippen molar-refractivity contribution in [3.8, 4) is 0 Å². The Hall–Kier alpha value is -1.94. The van der Waals surface area contributed by atoms with Crippen molar-refractivity contribution in [1.29, 1.82) is 0 Å². The monoisotopic (exact) mass is 721 g/mol. The Morgan fingerprint density at radius 1 is 0.596 bits per heavy atom. The van der Waals surface area contributed by atoms with Crippen LogP contribution in [-0.4, -0.2) is 40.0 Å². The Labute approximate surface area is 325 Å². The van der Waals surface area contributed by atoms with Gasteiger partial charge in [-0.15, -0.1) is 5.10 Å². The minimum absolute atomic E-state index is 0.210. The lowest BCUT2D eigenvalue weighted by Gasteiger charge is -2.30. The summed E-state index contributed by atoms with van der Waals surface area (Å²) in [5.41, 5.74) is 1.37. The summed E-state index contributed by atoms with van der Waals surface area (Å²) < 4.78 is 2.25. The van der Waals surface area contributed by atoms with Crippen molar-refractivity contribution in [3.63, 3.8) is 0 Å². The summed E-state index contributed by atoms with van der Waals surface area (Å²) in [4.78, 5) is 2.33. The second-order valence-electron chi connectivity index (χ2n) is 16.9. The third kappa shape index (κ3) is 28.5. The Morgan fingerprint density at radius 2 is 1.00 bits per heavy atom. The average Bonchev–Trinajstić information content (AvgIpc) is 3.57. The molecule has 4 nitrogen and oxygen atoms in total. The highest BCUT2D eigenvalue weighted by Crippen LogP contribution is 2.29. The smallest absolute Gasteiger partial charge is 0.0832 e. The van der Waals surface area contributed by atoms with Crippen molar-refractivity contribution in [2.75, 3.05) is 14.1 Å². The number of unbranched alkanes of at least 4 members (excludes halogenated alkanes) is 18. The molecular formula is C48H88N4. The highest BCUT2D eigenvalue weighted by atomic mass is 15.4. The molecule has 1 rings (SSSR count). The molecule has 0 aliphatic carbocycles. The van der Waals surface area contributed by atoms with Crippen LogP contribution in [0.4, 0.5) is 0 Å². The minimum Gasteiger partial charge on any atom is -0.307 e. The van der Waals surface area contributed by atoms with E-state index in [9.17, 15) is 0 Å². The van der Waals surface area contributed by atoms with Crippen LogP contribution in [0, 0.1) is 5.41 Å². The summed E-state index contributed by atoms with van der Waals surface area (Å²) >= 11 is 0. The summed E-state index contributed by atoms with van der Waals surface area (Å²) in [7, 11) is 4.37. The van der Waals surface area contributed by atoms with Crippen molar-refractivity contribution in [1.82, 2.24) is 19.9 Å². The minimum atomic E-state index is 0.210. The lowest BCUT2D eigenvalue weighted by Crippen LogP contribution is -2.31. The zero-order valence-electron chi connectivity index (χ0n) is 35.9. The molecule has 1 heterocycles. The lowest BCUT2D eigenvalue weighted by atomic mass is 9.82. The fourth-order valence-electron chi connectivity index (χ4n) is 7.26. The van der Waals surface area contributed by atoms with Crippen molar-refractivity contribution in [3.05, 3.63) is 60.5 Å². The molecule has 52 heavy (non-hydrogen) atoms. The van der Waals surface area contributed by atoms with Gasteiger partial charge in [0.15, 0.2) is 0 Å². The molecule has 0 saturated heterocycles. The number of allylic oxidation sites excluding steroid dienone is 8. The van der Waals surface area contributed by atoms with Gasteiger partial charge in [0.25, 0.3) is 0 Å². The zero-order chi connectivity index (χ0) is 38.0. The first kappa shape index (κ1) is 48.1. The second-order valence-corrected chi connectivity index (χ2v) is 16.9. The second kappa shape index (κ2) is 33.6. The van der Waals surface area contributed by atoms with Crippen molar-refractivity contribution in [2.24, 2.45) is 5.41 Å². The molecule has 0 aliphatic heterocycles. The van der Waals surface area contributed by atoms with E-state index in [1.165, 1.54) is 154 Å². The van der Waals surface area contributed by atoms with E-state index < -0.39 is 0 Å². The zero-order valence-corrected chi connectivity index (χ0v) is 35.9. The third-order valence-corrected chi connectivity index (χ3v) is 10.8. The van der Waals surface area contributed by atoms with E-state index in [1.54, 1.807) is 0 Å². The highest BCUT2D eigenvalue weighted by molar-refractivity contribution is 4.99. The largest absolute Gasteiger partial charge is 0.307 e. The van der Waals surface area contributed by atoms with E-state index in [1.807, 2.05) is 0 Å².